The lowest BCUT2D eigenvalue weighted by Gasteiger charge is -2.10. The molecule has 0 bridgehead atoms. The predicted molar refractivity (Wildman–Crippen MR) is 76.8 cm³/mol. The van der Waals surface area contributed by atoms with E-state index < -0.39 is 0 Å². The van der Waals surface area contributed by atoms with E-state index in [4.69, 9.17) is 16.3 Å². The second kappa shape index (κ2) is 4.94. The number of aldehydes is 1. The van der Waals surface area contributed by atoms with Crippen LogP contribution in [-0.2, 0) is 13.0 Å². The van der Waals surface area contributed by atoms with Gasteiger partial charge in [0.1, 0.15) is 5.75 Å². The molecule has 0 saturated heterocycles. The van der Waals surface area contributed by atoms with Gasteiger partial charge >= 0.3 is 0 Å². The molecule has 104 valence electrons. The second-order valence-corrected chi connectivity index (χ2v) is 5.45. The van der Waals surface area contributed by atoms with Gasteiger partial charge in [0, 0.05) is 22.7 Å². The van der Waals surface area contributed by atoms with Crippen molar-refractivity contribution in [2.24, 2.45) is 0 Å². The zero-order chi connectivity index (χ0) is 14.3. The molecule has 0 saturated carbocycles. The van der Waals surface area contributed by atoms with Gasteiger partial charge in [0.05, 0.1) is 24.4 Å². The Bertz CT molecular complexity index is 692. The van der Waals surface area contributed by atoms with Crippen molar-refractivity contribution in [3.05, 3.63) is 45.2 Å². The molecule has 0 atom stereocenters. The first-order valence-electron chi connectivity index (χ1n) is 6.53. The summed E-state index contributed by atoms with van der Waals surface area (Å²) in [6.45, 7) is 4.99. The lowest BCUT2D eigenvalue weighted by atomic mass is 10.1. The molecule has 1 aliphatic rings. The molecule has 0 spiro atoms. The number of aromatic nitrogens is 2. The maximum atomic E-state index is 11.1. The molecule has 0 N–H and O–H groups in total. The average molecular weight is 291 g/mol. The summed E-state index contributed by atoms with van der Waals surface area (Å²) in [7, 11) is 0. The topological polar surface area (TPSA) is 44.1 Å². The maximum absolute atomic E-state index is 11.1. The fourth-order valence-electron chi connectivity index (χ4n) is 2.66. The molecular formula is C15H15ClN2O2. The van der Waals surface area contributed by atoms with Gasteiger partial charge in [-0.15, -0.1) is 0 Å². The lowest BCUT2D eigenvalue weighted by molar-refractivity contribution is 0.112. The third-order valence-electron chi connectivity index (χ3n) is 3.70. The number of carbonyl (C=O) groups excluding carboxylic acids is 1. The fourth-order valence-corrected chi connectivity index (χ4v) is 2.92. The summed E-state index contributed by atoms with van der Waals surface area (Å²) >= 11 is 6.16. The Morgan fingerprint density at radius 2 is 2.25 bits per heavy atom. The standard InChI is InChI=1S/C15H15ClN2O2/c1-9-14(8-19)10(2)18(17-9)7-12-6-13(16)5-11-3-4-20-15(11)12/h5-6,8H,3-4,7H2,1-2H3. The summed E-state index contributed by atoms with van der Waals surface area (Å²) < 4.78 is 7.52. The van der Waals surface area contributed by atoms with E-state index in [2.05, 4.69) is 5.10 Å². The number of halogens is 1. The molecule has 5 heteroatoms. The second-order valence-electron chi connectivity index (χ2n) is 5.01. The van der Waals surface area contributed by atoms with E-state index in [1.165, 1.54) is 0 Å². The molecule has 1 aromatic carbocycles. The van der Waals surface area contributed by atoms with Crippen LogP contribution < -0.4 is 4.74 Å². The summed E-state index contributed by atoms with van der Waals surface area (Å²) in [5, 5.41) is 5.13. The number of rotatable bonds is 3. The molecule has 0 aliphatic carbocycles. The molecule has 0 amide bonds. The van der Waals surface area contributed by atoms with E-state index in [-0.39, 0.29) is 0 Å². The van der Waals surface area contributed by atoms with Gasteiger partial charge in [-0.05, 0) is 31.5 Å². The SMILES string of the molecule is Cc1nn(Cc2cc(Cl)cc3c2OCC3)c(C)c1C=O. The van der Waals surface area contributed by atoms with E-state index in [0.717, 1.165) is 41.0 Å². The average Bonchev–Trinajstić information content (AvgIpc) is 2.95. The van der Waals surface area contributed by atoms with Gasteiger partial charge in [-0.3, -0.25) is 9.48 Å². The van der Waals surface area contributed by atoms with Crippen LogP contribution in [0.2, 0.25) is 5.02 Å². The summed E-state index contributed by atoms with van der Waals surface area (Å²) in [5.41, 5.74) is 4.42. The molecule has 20 heavy (non-hydrogen) atoms. The Morgan fingerprint density at radius 3 is 2.95 bits per heavy atom. The zero-order valence-corrected chi connectivity index (χ0v) is 12.2. The van der Waals surface area contributed by atoms with Gasteiger partial charge in [-0.25, -0.2) is 0 Å². The highest BCUT2D eigenvalue weighted by Crippen LogP contribution is 2.33. The number of carbonyl (C=O) groups is 1. The molecule has 3 rings (SSSR count). The minimum atomic E-state index is 0.559. The number of ether oxygens (including phenoxy) is 1. The first-order chi connectivity index (χ1) is 9.60. The number of hydrogen-bond acceptors (Lipinski definition) is 3. The van der Waals surface area contributed by atoms with Crippen LogP contribution in [-0.4, -0.2) is 22.7 Å². The van der Waals surface area contributed by atoms with Crippen LogP contribution in [0, 0.1) is 13.8 Å². The van der Waals surface area contributed by atoms with Crippen molar-refractivity contribution in [2.45, 2.75) is 26.8 Å². The summed E-state index contributed by atoms with van der Waals surface area (Å²) in [6.07, 6.45) is 1.74. The molecule has 0 radical (unpaired) electrons. The highest BCUT2D eigenvalue weighted by atomic mass is 35.5. The quantitative estimate of drug-likeness (QED) is 0.816. The van der Waals surface area contributed by atoms with E-state index in [1.807, 2.05) is 30.7 Å². The van der Waals surface area contributed by atoms with Crippen molar-refractivity contribution in [1.29, 1.82) is 0 Å². The monoisotopic (exact) mass is 290 g/mol. The molecule has 1 aromatic heterocycles. The Hall–Kier alpha value is -1.81. The van der Waals surface area contributed by atoms with Crippen molar-refractivity contribution >= 4 is 17.9 Å². The molecule has 0 unspecified atom stereocenters. The molecule has 4 nitrogen and oxygen atoms in total. The minimum Gasteiger partial charge on any atom is -0.493 e. The van der Waals surface area contributed by atoms with Crippen LogP contribution in [0.25, 0.3) is 0 Å². The van der Waals surface area contributed by atoms with Crippen LogP contribution in [0.5, 0.6) is 5.75 Å². The van der Waals surface area contributed by atoms with E-state index >= 15 is 0 Å². The third-order valence-corrected chi connectivity index (χ3v) is 3.92. The van der Waals surface area contributed by atoms with Crippen LogP contribution >= 0.6 is 11.6 Å². The number of fused-ring (bicyclic) bond motifs is 1. The van der Waals surface area contributed by atoms with E-state index in [9.17, 15) is 4.79 Å². The normalized spacial score (nSPS) is 13.2. The first-order valence-corrected chi connectivity index (χ1v) is 6.91. The molecule has 0 fully saturated rings. The van der Waals surface area contributed by atoms with Gasteiger partial charge in [0.25, 0.3) is 0 Å². The van der Waals surface area contributed by atoms with Gasteiger partial charge in [-0.1, -0.05) is 11.6 Å². The molecule has 1 aliphatic heterocycles. The number of benzene rings is 1. The van der Waals surface area contributed by atoms with Crippen LogP contribution in [0.1, 0.15) is 32.9 Å². The predicted octanol–water partition coefficient (Wildman–Crippen LogP) is 2.95. The van der Waals surface area contributed by atoms with Crippen LogP contribution in [0.15, 0.2) is 12.1 Å². The zero-order valence-electron chi connectivity index (χ0n) is 11.4. The Labute approximate surface area is 122 Å². The van der Waals surface area contributed by atoms with E-state index in [1.54, 1.807) is 0 Å². The lowest BCUT2D eigenvalue weighted by Crippen LogP contribution is -2.06. The summed E-state index contributed by atoms with van der Waals surface area (Å²) in [5.74, 6) is 0.912. The Balaban J connectivity index is 2.02. The third kappa shape index (κ3) is 2.10. The van der Waals surface area contributed by atoms with Crippen LogP contribution in [0.3, 0.4) is 0 Å². The van der Waals surface area contributed by atoms with Crippen molar-refractivity contribution in [2.75, 3.05) is 6.61 Å². The smallest absolute Gasteiger partial charge is 0.153 e. The van der Waals surface area contributed by atoms with Crippen molar-refractivity contribution in [3.63, 3.8) is 0 Å². The largest absolute Gasteiger partial charge is 0.493 e. The van der Waals surface area contributed by atoms with E-state index in [0.29, 0.717) is 23.7 Å². The van der Waals surface area contributed by atoms with Crippen LogP contribution in [0.4, 0.5) is 0 Å². The number of nitrogens with zero attached hydrogens (tertiary/aromatic N) is 2. The Morgan fingerprint density at radius 1 is 1.45 bits per heavy atom. The van der Waals surface area contributed by atoms with Gasteiger partial charge in [-0.2, -0.15) is 5.10 Å². The van der Waals surface area contributed by atoms with Gasteiger partial charge < -0.3 is 4.74 Å². The molecular weight excluding hydrogens is 276 g/mol. The highest BCUT2D eigenvalue weighted by molar-refractivity contribution is 6.30. The summed E-state index contributed by atoms with van der Waals surface area (Å²) in [4.78, 5) is 11.1. The van der Waals surface area contributed by atoms with Crippen molar-refractivity contribution < 1.29 is 9.53 Å². The highest BCUT2D eigenvalue weighted by Gasteiger charge is 2.19. The first kappa shape index (κ1) is 13.2. The maximum Gasteiger partial charge on any atom is 0.153 e. The number of aryl methyl sites for hydroxylation is 1. The molecule has 2 heterocycles. The van der Waals surface area contributed by atoms with Gasteiger partial charge in [0.15, 0.2) is 6.29 Å². The Kier molecular flexibility index (Phi) is 3.26. The number of hydrogen-bond donors (Lipinski definition) is 0. The van der Waals surface area contributed by atoms with Crippen molar-refractivity contribution in [3.8, 4) is 5.75 Å². The fraction of sp³-hybridized carbons (Fsp3) is 0.333. The van der Waals surface area contributed by atoms with Crippen molar-refractivity contribution in [1.82, 2.24) is 9.78 Å². The molecule has 2 aromatic rings. The minimum absolute atomic E-state index is 0.559. The summed E-state index contributed by atoms with van der Waals surface area (Å²) in [6, 6.07) is 3.86. The van der Waals surface area contributed by atoms with Gasteiger partial charge in [0.2, 0.25) is 0 Å².